The summed E-state index contributed by atoms with van der Waals surface area (Å²) in [6, 6.07) is 15.5. The molecule has 4 unspecified atom stereocenters. The zero-order chi connectivity index (χ0) is 18.1. The van der Waals surface area contributed by atoms with Gasteiger partial charge in [-0.05, 0) is 30.7 Å². The highest BCUT2D eigenvalue weighted by Gasteiger charge is 2.62. The Morgan fingerprint density at radius 3 is 2.69 bits per heavy atom. The molecular formula is C21H23NO4. The van der Waals surface area contributed by atoms with Crippen LogP contribution in [0.15, 0.2) is 48.5 Å². The van der Waals surface area contributed by atoms with Crippen molar-refractivity contribution in [3.8, 4) is 11.5 Å². The topological polar surface area (TPSA) is 56.8 Å². The molecule has 1 amide bonds. The molecule has 1 aliphatic carbocycles. The molecule has 1 heterocycles. The second-order valence-corrected chi connectivity index (χ2v) is 6.69. The molecule has 0 spiro atoms. The predicted molar refractivity (Wildman–Crippen MR) is 97.5 cm³/mol. The van der Waals surface area contributed by atoms with E-state index in [9.17, 15) is 4.79 Å². The van der Waals surface area contributed by atoms with Crippen LogP contribution in [0.1, 0.15) is 30.0 Å². The molecule has 2 aromatic carbocycles. The van der Waals surface area contributed by atoms with Crippen LogP contribution in [-0.2, 0) is 9.53 Å². The van der Waals surface area contributed by atoms with Gasteiger partial charge in [0.05, 0.1) is 25.2 Å². The average molecular weight is 353 g/mol. The molecule has 1 saturated carbocycles. The summed E-state index contributed by atoms with van der Waals surface area (Å²) in [6.45, 7) is 3.00. The monoisotopic (exact) mass is 353 g/mol. The van der Waals surface area contributed by atoms with Crippen molar-refractivity contribution >= 4 is 5.91 Å². The van der Waals surface area contributed by atoms with Gasteiger partial charge in [0.25, 0.3) is 0 Å². The van der Waals surface area contributed by atoms with Crippen molar-refractivity contribution in [2.24, 2.45) is 5.92 Å². The molecule has 5 nitrogen and oxygen atoms in total. The average Bonchev–Trinajstić information content (AvgIpc) is 3.24. The minimum Gasteiger partial charge on any atom is -0.494 e. The zero-order valence-corrected chi connectivity index (χ0v) is 15.0. The van der Waals surface area contributed by atoms with Crippen molar-refractivity contribution < 1.29 is 19.0 Å². The van der Waals surface area contributed by atoms with E-state index in [4.69, 9.17) is 14.2 Å². The molecule has 0 bridgehead atoms. The lowest BCUT2D eigenvalue weighted by atomic mass is 10.1. The van der Waals surface area contributed by atoms with Gasteiger partial charge in [-0.2, -0.15) is 0 Å². The minimum absolute atomic E-state index is 0.0189. The first-order valence-corrected chi connectivity index (χ1v) is 9.00. The van der Waals surface area contributed by atoms with Crippen LogP contribution in [0.25, 0.3) is 0 Å². The number of hydrogen-bond acceptors (Lipinski definition) is 4. The molecule has 0 saturated heterocycles. The van der Waals surface area contributed by atoms with Crippen LogP contribution in [0, 0.1) is 5.92 Å². The highest BCUT2D eigenvalue weighted by molar-refractivity contribution is 5.86. The smallest absolute Gasteiger partial charge is 0.228 e. The largest absolute Gasteiger partial charge is 0.494 e. The summed E-state index contributed by atoms with van der Waals surface area (Å²) in [4.78, 5) is 12.8. The molecule has 26 heavy (non-hydrogen) atoms. The van der Waals surface area contributed by atoms with Crippen LogP contribution < -0.4 is 14.8 Å². The lowest BCUT2D eigenvalue weighted by Gasteiger charge is -2.19. The molecule has 5 heteroatoms. The summed E-state index contributed by atoms with van der Waals surface area (Å²) in [6.07, 6.45) is -0.0316. The number of ether oxygens (including phenoxy) is 3. The number of methoxy groups -OCH3 is 1. The molecule has 1 N–H and O–H groups in total. The maximum atomic E-state index is 12.8. The third-order valence-electron chi connectivity index (χ3n) is 5.04. The quantitative estimate of drug-likeness (QED) is 0.831. The summed E-state index contributed by atoms with van der Waals surface area (Å²) in [5.41, 5.74) is 2.14. The van der Waals surface area contributed by atoms with Crippen LogP contribution in [0.4, 0.5) is 0 Å². The van der Waals surface area contributed by atoms with E-state index in [0.29, 0.717) is 13.2 Å². The third kappa shape index (κ3) is 3.03. The first-order chi connectivity index (χ1) is 12.7. The molecule has 136 valence electrons. The minimum atomic E-state index is -0.195. The molecule has 1 aliphatic heterocycles. The molecule has 0 aromatic heterocycles. The lowest BCUT2D eigenvalue weighted by Crippen LogP contribution is -2.34. The van der Waals surface area contributed by atoms with Crippen LogP contribution in [0.2, 0.25) is 0 Å². The summed E-state index contributed by atoms with van der Waals surface area (Å²) in [5.74, 6) is 1.80. The van der Waals surface area contributed by atoms with Gasteiger partial charge >= 0.3 is 0 Å². The number of carbonyl (C=O) groups excluding carboxylic acids is 1. The van der Waals surface area contributed by atoms with Gasteiger partial charge in [-0.25, -0.2) is 0 Å². The number of carbonyl (C=O) groups is 1. The van der Waals surface area contributed by atoms with E-state index < -0.39 is 0 Å². The van der Waals surface area contributed by atoms with E-state index >= 15 is 0 Å². The van der Waals surface area contributed by atoms with Crippen molar-refractivity contribution in [3.05, 3.63) is 59.7 Å². The van der Waals surface area contributed by atoms with Gasteiger partial charge in [0.2, 0.25) is 5.91 Å². The standard InChI is InChI=1S/C21H23NO4/c1-3-25-14-10-8-13(9-11-14)16(12-24-2)22-21(23)19-18-15-6-4-5-7-17(15)26-20(18)19/h4-11,16,18-20H,3,12H2,1-2H3,(H,22,23). The predicted octanol–water partition coefficient (Wildman–Crippen LogP) is 3.06. The van der Waals surface area contributed by atoms with E-state index in [1.54, 1.807) is 7.11 Å². The normalized spacial score (nSPS) is 23.4. The van der Waals surface area contributed by atoms with E-state index in [1.165, 1.54) is 0 Å². The van der Waals surface area contributed by atoms with Crippen molar-refractivity contribution in [1.29, 1.82) is 0 Å². The van der Waals surface area contributed by atoms with Crippen LogP contribution >= 0.6 is 0 Å². The lowest BCUT2D eigenvalue weighted by molar-refractivity contribution is -0.124. The first-order valence-electron chi connectivity index (χ1n) is 9.00. The maximum absolute atomic E-state index is 12.8. The molecule has 2 aliphatic rings. The Bertz CT molecular complexity index is 789. The number of benzene rings is 2. The number of rotatable bonds is 7. The number of para-hydroxylation sites is 1. The van der Waals surface area contributed by atoms with E-state index in [0.717, 1.165) is 22.6 Å². The fourth-order valence-electron chi connectivity index (χ4n) is 3.74. The Hall–Kier alpha value is -2.53. The van der Waals surface area contributed by atoms with Gasteiger partial charge < -0.3 is 19.5 Å². The third-order valence-corrected chi connectivity index (χ3v) is 5.04. The second kappa shape index (κ2) is 7.00. The molecule has 4 atom stereocenters. The van der Waals surface area contributed by atoms with Gasteiger partial charge in [0, 0.05) is 18.6 Å². The molecule has 0 radical (unpaired) electrons. The van der Waals surface area contributed by atoms with Crippen molar-refractivity contribution in [1.82, 2.24) is 5.32 Å². The maximum Gasteiger partial charge on any atom is 0.228 e. The van der Waals surface area contributed by atoms with E-state index in [2.05, 4.69) is 5.32 Å². The molecule has 4 rings (SSSR count). The van der Waals surface area contributed by atoms with Crippen molar-refractivity contribution in [2.45, 2.75) is 25.0 Å². The molecule has 2 aromatic rings. The summed E-state index contributed by atoms with van der Waals surface area (Å²) in [7, 11) is 1.64. The van der Waals surface area contributed by atoms with Crippen LogP contribution in [-0.4, -0.2) is 32.3 Å². The Morgan fingerprint density at radius 1 is 1.19 bits per heavy atom. The number of amides is 1. The SMILES string of the molecule is CCOc1ccc(C(COC)NC(=O)C2C3Oc4ccccc4C32)cc1. The first kappa shape index (κ1) is 16.9. The Labute approximate surface area is 153 Å². The summed E-state index contributed by atoms with van der Waals surface area (Å²) < 4.78 is 16.7. The number of nitrogens with one attached hydrogen (secondary N) is 1. The second-order valence-electron chi connectivity index (χ2n) is 6.69. The number of fused-ring (bicyclic) bond motifs is 3. The van der Waals surface area contributed by atoms with E-state index in [1.807, 2.05) is 55.5 Å². The number of hydrogen-bond donors (Lipinski definition) is 1. The van der Waals surface area contributed by atoms with Gasteiger partial charge in [-0.3, -0.25) is 4.79 Å². The highest BCUT2D eigenvalue weighted by atomic mass is 16.5. The van der Waals surface area contributed by atoms with Crippen molar-refractivity contribution in [2.75, 3.05) is 20.3 Å². The van der Waals surface area contributed by atoms with Gasteiger partial charge in [0.1, 0.15) is 17.6 Å². The van der Waals surface area contributed by atoms with Gasteiger partial charge in [-0.15, -0.1) is 0 Å². The Balaban J connectivity index is 1.44. The molecular weight excluding hydrogens is 330 g/mol. The highest BCUT2D eigenvalue weighted by Crippen LogP contribution is 2.58. The summed E-state index contributed by atoms with van der Waals surface area (Å²) in [5, 5.41) is 3.12. The Kier molecular flexibility index (Phi) is 4.55. The van der Waals surface area contributed by atoms with Gasteiger partial charge in [0.15, 0.2) is 0 Å². The Morgan fingerprint density at radius 2 is 1.96 bits per heavy atom. The summed E-state index contributed by atoms with van der Waals surface area (Å²) >= 11 is 0. The van der Waals surface area contributed by atoms with Gasteiger partial charge in [-0.1, -0.05) is 30.3 Å². The fourth-order valence-corrected chi connectivity index (χ4v) is 3.74. The molecule has 1 fully saturated rings. The fraction of sp³-hybridized carbons (Fsp3) is 0.381. The van der Waals surface area contributed by atoms with Crippen LogP contribution in [0.5, 0.6) is 11.5 Å². The zero-order valence-electron chi connectivity index (χ0n) is 15.0. The van der Waals surface area contributed by atoms with E-state index in [-0.39, 0.29) is 29.9 Å². The van der Waals surface area contributed by atoms with Crippen molar-refractivity contribution in [3.63, 3.8) is 0 Å². The van der Waals surface area contributed by atoms with Crippen LogP contribution in [0.3, 0.4) is 0 Å².